The first kappa shape index (κ1) is 19.2. The maximum Gasteiger partial charge on any atom is 0.418 e. The third-order valence-electron chi connectivity index (χ3n) is 3.13. The van der Waals surface area contributed by atoms with E-state index in [4.69, 9.17) is 0 Å². The van der Waals surface area contributed by atoms with Gasteiger partial charge in [-0.25, -0.2) is 9.18 Å². The van der Waals surface area contributed by atoms with Crippen molar-refractivity contribution in [2.75, 3.05) is 11.9 Å². The molecular weight excluding hydrogens is 354 g/mol. The maximum atomic E-state index is 12.8. The van der Waals surface area contributed by atoms with Gasteiger partial charge in [-0.2, -0.15) is 13.2 Å². The second-order valence-corrected chi connectivity index (χ2v) is 5.08. The van der Waals surface area contributed by atoms with Crippen LogP contribution in [-0.2, 0) is 20.5 Å². The average molecular weight is 367 g/mol. The Morgan fingerprint density at radius 1 is 1.04 bits per heavy atom. The van der Waals surface area contributed by atoms with Crippen molar-refractivity contribution in [1.82, 2.24) is 0 Å². The number of ether oxygens (including phenoxy) is 1. The van der Waals surface area contributed by atoms with E-state index in [1.165, 1.54) is 42.5 Å². The summed E-state index contributed by atoms with van der Waals surface area (Å²) in [6.45, 7) is -0.751. The van der Waals surface area contributed by atoms with E-state index in [1.54, 1.807) is 0 Å². The molecule has 4 nitrogen and oxygen atoms in total. The van der Waals surface area contributed by atoms with Gasteiger partial charge < -0.3 is 10.1 Å². The molecule has 0 bridgehead atoms. The molecule has 0 aliphatic rings. The molecule has 8 heteroatoms. The molecule has 0 atom stereocenters. The summed E-state index contributed by atoms with van der Waals surface area (Å²) >= 11 is 0. The lowest BCUT2D eigenvalue weighted by atomic mass is 10.1. The topological polar surface area (TPSA) is 55.4 Å². The maximum absolute atomic E-state index is 12.8. The molecule has 2 aromatic rings. The number of rotatable bonds is 5. The van der Waals surface area contributed by atoms with Crippen molar-refractivity contribution < 1.29 is 31.9 Å². The van der Waals surface area contributed by atoms with Gasteiger partial charge in [0.15, 0.2) is 6.61 Å². The summed E-state index contributed by atoms with van der Waals surface area (Å²) < 4.78 is 55.9. The van der Waals surface area contributed by atoms with E-state index in [0.29, 0.717) is 5.56 Å². The number of hydrogen-bond acceptors (Lipinski definition) is 3. The number of carbonyl (C=O) groups excluding carboxylic acids is 2. The van der Waals surface area contributed by atoms with Crippen LogP contribution >= 0.6 is 0 Å². The van der Waals surface area contributed by atoms with E-state index in [2.05, 4.69) is 10.1 Å². The number of amides is 1. The minimum Gasteiger partial charge on any atom is -0.452 e. The van der Waals surface area contributed by atoms with Gasteiger partial charge in [0.25, 0.3) is 5.91 Å². The standard InChI is InChI=1S/C18H13F4NO3/c19-13-8-5-12(6-9-13)7-10-17(25)26-11-16(24)23-15-4-2-1-3-14(15)18(20,21)22/h1-10H,11H2,(H,23,24)/b10-7+. The van der Waals surface area contributed by atoms with E-state index in [9.17, 15) is 27.2 Å². The third-order valence-corrected chi connectivity index (χ3v) is 3.13. The minimum atomic E-state index is -4.63. The number of halogens is 4. The first-order valence-electron chi connectivity index (χ1n) is 7.32. The highest BCUT2D eigenvalue weighted by Gasteiger charge is 2.33. The predicted octanol–water partition coefficient (Wildman–Crippen LogP) is 4.04. The second-order valence-electron chi connectivity index (χ2n) is 5.08. The van der Waals surface area contributed by atoms with Gasteiger partial charge in [0.1, 0.15) is 5.82 Å². The van der Waals surface area contributed by atoms with Crippen molar-refractivity contribution in [3.63, 3.8) is 0 Å². The van der Waals surface area contributed by atoms with Crippen LogP contribution in [0.2, 0.25) is 0 Å². The zero-order chi connectivity index (χ0) is 19.2. The van der Waals surface area contributed by atoms with Gasteiger partial charge in [0.05, 0.1) is 11.3 Å². The number of nitrogens with one attached hydrogen (secondary N) is 1. The minimum absolute atomic E-state index is 0.428. The number of carbonyl (C=O) groups is 2. The molecule has 0 saturated heterocycles. The highest BCUT2D eigenvalue weighted by molar-refractivity contribution is 5.95. The van der Waals surface area contributed by atoms with Crippen molar-refractivity contribution in [2.24, 2.45) is 0 Å². The number of alkyl halides is 3. The molecular formula is C18H13F4NO3. The largest absolute Gasteiger partial charge is 0.452 e. The van der Waals surface area contributed by atoms with Crippen LogP contribution in [0.3, 0.4) is 0 Å². The van der Waals surface area contributed by atoms with Gasteiger partial charge in [-0.15, -0.1) is 0 Å². The summed E-state index contributed by atoms with van der Waals surface area (Å²) in [6, 6.07) is 9.72. The number of para-hydroxylation sites is 1. The van der Waals surface area contributed by atoms with Crippen LogP contribution in [0.5, 0.6) is 0 Å². The zero-order valence-corrected chi connectivity index (χ0v) is 13.2. The molecule has 0 spiro atoms. The van der Waals surface area contributed by atoms with E-state index >= 15 is 0 Å². The molecule has 26 heavy (non-hydrogen) atoms. The van der Waals surface area contributed by atoms with Crippen molar-refractivity contribution in [3.8, 4) is 0 Å². The first-order chi connectivity index (χ1) is 12.3. The third kappa shape index (κ3) is 5.73. The van der Waals surface area contributed by atoms with Crippen molar-refractivity contribution in [1.29, 1.82) is 0 Å². The van der Waals surface area contributed by atoms with Crippen LogP contribution in [0, 0.1) is 5.82 Å². The quantitative estimate of drug-likeness (QED) is 0.493. The Morgan fingerprint density at radius 3 is 2.35 bits per heavy atom. The summed E-state index contributed by atoms with van der Waals surface area (Å²) in [7, 11) is 0. The molecule has 2 aromatic carbocycles. The molecule has 0 heterocycles. The van der Waals surface area contributed by atoms with Crippen molar-refractivity contribution in [2.45, 2.75) is 6.18 Å². The molecule has 0 aromatic heterocycles. The van der Waals surface area contributed by atoms with Crippen LogP contribution in [-0.4, -0.2) is 18.5 Å². The molecule has 0 radical (unpaired) electrons. The zero-order valence-electron chi connectivity index (χ0n) is 13.2. The summed E-state index contributed by atoms with van der Waals surface area (Å²) in [4.78, 5) is 23.2. The van der Waals surface area contributed by atoms with Crippen LogP contribution in [0.25, 0.3) is 6.08 Å². The van der Waals surface area contributed by atoms with Crippen LogP contribution in [0.1, 0.15) is 11.1 Å². The van der Waals surface area contributed by atoms with Gasteiger partial charge in [-0.05, 0) is 35.9 Å². The van der Waals surface area contributed by atoms with Gasteiger partial charge >= 0.3 is 12.1 Å². The Labute approximate surface area is 146 Å². The summed E-state index contributed by atoms with van der Waals surface area (Å²) in [6.07, 6.45) is -2.26. The molecule has 0 aliphatic carbocycles. The molecule has 1 amide bonds. The first-order valence-corrected chi connectivity index (χ1v) is 7.32. The molecule has 1 N–H and O–H groups in total. The van der Waals surface area contributed by atoms with Gasteiger partial charge in [-0.3, -0.25) is 4.79 Å². The Morgan fingerprint density at radius 2 is 1.69 bits per heavy atom. The Hall–Kier alpha value is -3.16. The van der Waals surface area contributed by atoms with E-state index in [0.717, 1.165) is 18.2 Å². The number of anilines is 1. The predicted molar refractivity (Wildman–Crippen MR) is 86.5 cm³/mol. The van der Waals surface area contributed by atoms with Crippen LogP contribution < -0.4 is 5.32 Å². The van der Waals surface area contributed by atoms with Crippen molar-refractivity contribution in [3.05, 3.63) is 71.6 Å². The number of benzene rings is 2. The average Bonchev–Trinajstić information content (AvgIpc) is 2.59. The molecule has 0 unspecified atom stereocenters. The highest BCUT2D eigenvalue weighted by atomic mass is 19.4. The van der Waals surface area contributed by atoms with Gasteiger partial charge in [-0.1, -0.05) is 24.3 Å². The summed E-state index contributed by atoms with van der Waals surface area (Å²) in [5, 5.41) is 2.05. The lowest BCUT2D eigenvalue weighted by Crippen LogP contribution is -2.22. The Bertz CT molecular complexity index is 814. The Balaban J connectivity index is 1.89. The fraction of sp³-hybridized carbons (Fsp3) is 0.111. The van der Waals surface area contributed by atoms with Crippen LogP contribution in [0.15, 0.2) is 54.6 Å². The lowest BCUT2D eigenvalue weighted by Gasteiger charge is -2.13. The van der Waals surface area contributed by atoms with E-state index in [1.807, 2.05) is 0 Å². The number of hydrogen-bond donors (Lipinski definition) is 1. The molecule has 0 aliphatic heterocycles. The monoisotopic (exact) mass is 367 g/mol. The van der Waals surface area contributed by atoms with Crippen molar-refractivity contribution >= 4 is 23.6 Å². The molecule has 0 saturated carbocycles. The normalized spacial score (nSPS) is 11.4. The van der Waals surface area contributed by atoms with Crippen LogP contribution in [0.4, 0.5) is 23.2 Å². The summed E-state index contributed by atoms with van der Waals surface area (Å²) in [5.74, 6) is -2.21. The number of esters is 1. The van der Waals surface area contributed by atoms with E-state index in [-0.39, 0.29) is 0 Å². The van der Waals surface area contributed by atoms with Gasteiger partial charge in [0, 0.05) is 6.08 Å². The molecule has 2 rings (SSSR count). The fourth-order valence-electron chi connectivity index (χ4n) is 1.95. The van der Waals surface area contributed by atoms with E-state index < -0.39 is 41.7 Å². The van der Waals surface area contributed by atoms with Gasteiger partial charge in [0.2, 0.25) is 0 Å². The SMILES string of the molecule is O=C(COC(=O)/C=C/c1ccc(F)cc1)Nc1ccccc1C(F)(F)F. The highest BCUT2D eigenvalue weighted by Crippen LogP contribution is 2.34. The lowest BCUT2D eigenvalue weighted by molar-refractivity contribution is -0.142. The fourth-order valence-corrected chi connectivity index (χ4v) is 1.95. The molecule has 0 fully saturated rings. The Kier molecular flexibility index (Phi) is 6.11. The summed E-state index contributed by atoms with van der Waals surface area (Å²) in [5.41, 5.74) is -0.898. The smallest absolute Gasteiger partial charge is 0.418 e. The molecule has 136 valence electrons. The second kappa shape index (κ2) is 8.28.